The zero-order valence-corrected chi connectivity index (χ0v) is 11.1. The second-order valence-electron chi connectivity index (χ2n) is 4.10. The third-order valence-electron chi connectivity index (χ3n) is 2.90. The molecule has 5 nitrogen and oxygen atoms in total. The van der Waals surface area contributed by atoms with Gasteiger partial charge in [-0.3, -0.25) is 4.79 Å². The number of ether oxygens (including phenoxy) is 2. The van der Waals surface area contributed by atoms with Crippen LogP contribution in [0.4, 0.5) is 5.69 Å². The van der Waals surface area contributed by atoms with Gasteiger partial charge in [-0.25, -0.2) is 0 Å². The van der Waals surface area contributed by atoms with Gasteiger partial charge in [-0.1, -0.05) is 0 Å². The SMILES string of the molecule is COc1ccc(N(C)C(C)CC(=O)O)c(OC)c1. The van der Waals surface area contributed by atoms with E-state index in [1.165, 1.54) is 0 Å². The molecule has 0 aliphatic rings. The standard InChI is InChI=1S/C13H19NO4/c1-9(7-13(15)16)14(2)11-6-5-10(17-3)8-12(11)18-4/h5-6,8-9H,7H2,1-4H3,(H,15,16). The molecule has 1 N–H and O–H groups in total. The number of anilines is 1. The first-order valence-electron chi connectivity index (χ1n) is 5.66. The largest absolute Gasteiger partial charge is 0.497 e. The van der Waals surface area contributed by atoms with Crippen molar-refractivity contribution in [1.29, 1.82) is 0 Å². The van der Waals surface area contributed by atoms with Crippen LogP contribution < -0.4 is 14.4 Å². The molecule has 1 atom stereocenters. The molecule has 0 amide bonds. The average Bonchev–Trinajstić information content (AvgIpc) is 2.36. The van der Waals surface area contributed by atoms with E-state index in [0.717, 1.165) is 5.69 Å². The van der Waals surface area contributed by atoms with Crippen LogP contribution in [0.15, 0.2) is 18.2 Å². The number of carboxylic acid groups (broad SMARTS) is 1. The van der Waals surface area contributed by atoms with Crippen molar-refractivity contribution in [2.24, 2.45) is 0 Å². The lowest BCUT2D eigenvalue weighted by Crippen LogP contribution is -2.31. The minimum atomic E-state index is -0.818. The van der Waals surface area contributed by atoms with E-state index in [1.807, 2.05) is 31.0 Å². The first-order valence-corrected chi connectivity index (χ1v) is 5.66. The highest BCUT2D eigenvalue weighted by molar-refractivity contribution is 5.69. The van der Waals surface area contributed by atoms with E-state index in [9.17, 15) is 4.79 Å². The number of benzene rings is 1. The zero-order valence-electron chi connectivity index (χ0n) is 11.1. The summed E-state index contributed by atoms with van der Waals surface area (Å²) in [6.07, 6.45) is 0.0751. The maximum atomic E-state index is 10.7. The third-order valence-corrected chi connectivity index (χ3v) is 2.90. The Bertz CT molecular complexity index is 419. The summed E-state index contributed by atoms with van der Waals surface area (Å²) in [6, 6.07) is 5.33. The average molecular weight is 253 g/mol. The first kappa shape index (κ1) is 14.2. The summed E-state index contributed by atoms with van der Waals surface area (Å²) >= 11 is 0. The van der Waals surface area contributed by atoms with Crippen LogP contribution in [0.25, 0.3) is 0 Å². The Balaban J connectivity index is 2.97. The molecule has 0 saturated heterocycles. The van der Waals surface area contributed by atoms with Gasteiger partial charge in [-0.05, 0) is 19.1 Å². The molecule has 1 aromatic carbocycles. The third kappa shape index (κ3) is 3.29. The lowest BCUT2D eigenvalue weighted by molar-refractivity contribution is -0.137. The van der Waals surface area contributed by atoms with Crippen LogP contribution in [0.3, 0.4) is 0 Å². The van der Waals surface area contributed by atoms with Crippen molar-refractivity contribution >= 4 is 11.7 Å². The highest BCUT2D eigenvalue weighted by Gasteiger charge is 2.17. The second-order valence-corrected chi connectivity index (χ2v) is 4.10. The molecule has 0 heterocycles. The molecule has 0 spiro atoms. The zero-order chi connectivity index (χ0) is 13.7. The van der Waals surface area contributed by atoms with E-state index >= 15 is 0 Å². The Morgan fingerprint density at radius 1 is 1.39 bits per heavy atom. The normalized spacial score (nSPS) is 11.8. The Morgan fingerprint density at radius 3 is 2.56 bits per heavy atom. The van der Waals surface area contributed by atoms with Crippen molar-refractivity contribution in [3.63, 3.8) is 0 Å². The lowest BCUT2D eigenvalue weighted by atomic mass is 10.1. The first-order chi connectivity index (χ1) is 8.49. The van der Waals surface area contributed by atoms with Gasteiger partial charge in [0.1, 0.15) is 11.5 Å². The number of nitrogens with zero attached hydrogens (tertiary/aromatic N) is 1. The van der Waals surface area contributed by atoms with Crippen LogP contribution in [0.5, 0.6) is 11.5 Å². The molecule has 0 fully saturated rings. The van der Waals surface area contributed by atoms with Crippen molar-refractivity contribution < 1.29 is 19.4 Å². The molecule has 5 heteroatoms. The van der Waals surface area contributed by atoms with Crippen LogP contribution in [0.2, 0.25) is 0 Å². The summed E-state index contributed by atoms with van der Waals surface area (Å²) in [5.41, 5.74) is 0.840. The molecule has 1 rings (SSSR count). The number of carbonyl (C=O) groups is 1. The molecular formula is C13H19NO4. The van der Waals surface area contributed by atoms with Crippen LogP contribution in [0.1, 0.15) is 13.3 Å². The Kier molecular flexibility index (Phi) is 4.83. The quantitative estimate of drug-likeness (QED) is 0.840. The fourth-order valence-corrected chi connectivity index (χ4v) is 1.70. The molecule has 1 aromatic rings. The fraction of sp³-hybridized carbons (Fsp3) is 0.462. The number of hydrogen-bond donors (Lipinski definition) is 1. The summed E-state index contributed by atoms with van der Waals surface area (Å²) in [5, 5.41) is 8.81. The van der Waals surface area contributed by atoms with E-state index in [-0.39, 0.29) is 12.5 Å². The second kappa shape index (κ2) is 6.14. The van der Waals surface area contributed by atoms with Gasteiger partial charge in [0.15, 0.2) is 0 Å². The van der Waals surface area contributed by atoms with Crippen molar-refractivity contribution in [2.45, 2.75) is 19.4 Å². The summed E-state index contributed by atoms with van der Waals surface area (Å²) < 4.78 is 10.4. The van der Waals surface area contributed by atoms with Gasteiger partial charge in [0.25, 0.3) is 0 Å². The van der Waals surface area contributed by atoms with Gasteiger partial charge < -0.3 is 19.5 Å². The van der Waals surface area contributed by atoms with Gasteiger partial charge >= 0.3 is 5.97 Å². The van der Waals surface area contributed by atoms with Crippen LogP contribution in [0, 0.1) is 0 Å². The number of carboxylic acids is 1. The molecule has 0 saturated carbocycles. The van der Waals surface area contributed by atoms with Gasteiger partial charge in [0.2, 0.25) is 0 Å². The van der Waals surface area contributed by atoms with Crippen molar-refractivity contribution in [2.75, 3.05) is 26.2 Å². The minimum Gasteiger partial charge on any atom is -0.497 e. The van der Waals surface area contributed by atoms with E-state index in [0.29, 0.717) is 11.5 Å². The highest BCUT2D eigenvalue weighted by Crippen LogP contribution is 2.32. The number of hydrogen-bond acceptors (Lipinski definition) is 4. The van der Waals surface area contributed by atoms with Crippen LogP contribution >= 0.6 is 0 Å². The highest BCUT2D eigenvalue weighted by atomic mass is 16.5. The monoisotopic (exact) mass is 253 g/mol. The van der Waals surface area contributed by atoms with E-state index in [1.54, 1.807) is 20.3 Å². The van der Waals surface area contributed by atoms with Crippen molar-refractivity contribution in [1.82, 2.24) is 0 Å². The van der Waals surface area contributed by atoms with E-state index in [2.05, 4.69) is 0 Å². The Hall–Kier alpha value is -1.91. The molecular weight excluding hydrogens is 234 g/mol. The Morgan fingerprint density at radius 2 is 2.06 bits per heavy atom. The predicted octanol–water partition coefficient (Wildman–Crippen LogP) is 2.00. The van der Waals surface area contributed by atoms with Gasteiger partial charge in [0.05, 0.1) is 26.3 Å². The summed E-state index contributed by atoms with van der Waals surface area (Å²) in [5.74, 6) is 0.547. The minimum absolute atomic E-state index is 0.0751. The van der Waals surface area contributed by atoms with Gasteiger partial charge in [-0.15, -0.1) is 0 Å². The molecule has 0 bridgehead atoms. The maximum absolute atomic E-state index is 10.7. The smallest absolute Gasteiger partial charge is 0.305 e. The van der Waals surface area contributed by atoms with Gasteiger partial charge in [0, 0.05) is 19.2 Å². The van der Waals surface area contributed by atoms with Crippen molar-refractivity contribution in [3.05, 3.63) is 18.2 Å². The number of aliphatic carboxylic acids is 1. The predicted molar refractivity (Wildman–Crippen MR) is 69.7 cm³/mol. The molecule has 18 heavy (non-hydrogen) atoms. The Labute approximate surface area is 107 Å². The van der Waals surface area contributed by atoms with E-state index in [4.69, 9.17) is 14.6 Å². The molecule has 100 valence electrons. The van der Waals surface area contributed by atoms with E-state index < -0.39 is 5.97 Å². The summed E-state index contributed by atoms with van der Waals surface area (Å²) in [6.45, 7) is 1.86. The number of rotatable bonds is 6. The molecule has 0 aromatic heterocycles. The summed E-state index contributed by atoms with van der Waals surface area (Å²) in [7, 11) is 5.01. The molecule has 0 aliphatic heterocycles. The maximum Gasteiger partial charge on any atom is 0.305 e. The van der Waals surface area contributed by atoms with Crippen LogP contribution in [-0.4, -0.2) is 38.4 Å². The lowest BCUT2D eigenvalue weighted by Gasteiger charge is -2.27. The topological polar surface area (TPSA) is 59.0 Å². The molecule has 0 aliphatic carbocycles. The van der Waals surface area contributed by atoms with Crippen molar-refractivity contribution in [3.8, 4) is 11.5 Å². The number of methoxy groups -OCH3 is 2. The fourth-order valence-electron chi connectivity index (χ4n) is 1.70. The molecule has 1 unspecified atom stereocenters. The molecule has 0 radical (unpaired) electrons. The van der Waals surface area contributed by atoms with Crippen LogP contribution in [-0.2, 0) is 4.79 Å². The summed E-state index contributed by atoms with van der Waals surface area (Å²) in [4.78, 5) is 12.6. The van der Waals surface area contributed by atoms with Gasteiger partial charge in [-0.2, -0.15) is 0 Å².